The molecule has 0 aliphatic rings. The molecule has 3 heterocycles. The molecule has 0 saturated carbocycles. The first-order valence-electron chi connectivity index (χ1n) is 11.9. The van der Waals surface area contributed by atoms with Gasteiger partial charge < -0.3 is 5.32 Å². The summed E-state index contributed by atoms with van der Waals surface area (Å²) in [5.74, 6) is 3.86. The zero-order chi connectivity index (χ0) is 28.8. The highest BCUT2D eigenvalue weighted by Crippen LogP contribution is 2.39. The predicted molar refractivity (Wildman–Crippen MR) is 150 cm³/mol. The van der Waals surface area contributed by atoms with Gasteiger partial charge in [0, 0.05) is 36.6 Å². The number of hydrazine groups is 1. The third-order valence-corrected chi connectivity index (χ3v) is 7.53. The molecule has 0 aliphatic heterocycles. The molecule has 5 N–H and O–H groups in total. The van der Waals surface area contributed by atoms with Gasteiger partial charge in [-0.05, 0) is 36.2 Å². The van der Waals surface area contributed by atoms with Crippen molar-refractivity contribution in [2.45, 2.75) is 19.4 Å². The van der Waals surface area contributed by atoms with E-state index in [0.29, 0.717) is 48.8 Å². The lowest BCUT2D eigenvalue weighted by Crippen LogP contribution is -2.29. The van der Waals surface area contributed by atoms with Gasteiger partial charge in [-0.2, -0.15) is 10.1 Å². The average molecular weight is 587 g/mol. The maximum absolute atomic E-state index is 14.0. The fraction of sp³-hybridized carbons (Fsp3) is 0.200. The lowest BCUT2D eigenvalue weighted by Gasteiger charge is -2.21. The van der Waals surface area contributed by atoms with Gasteiger partial charge in [0.05, 0.1) is 28.2 Å². The van der Waals surface area contributed by atoms with Gasteiger partial charge >= 0.3 is 0 Å². The molecule has 5 rings (SSSR count). The molecule has 0 spiro atoms. The Balaban J connectivity index is 1.77. The van der Waals surface area contributed by atoms with Crippen LogP contribution in [0.3, 0.4) is 0 Å². The highest BCUT2D eigenvalue weighted by molar-refractivity contribution is 7.92. The minimum atomic E-state index is -3.61. The number of carbonyl (C=O) groups excluding carboxylic acids is 1. The van der Waals surface area contributed by atoms with Crippen LogP contribution in [0.4, 0.5) is 19.7 Å². The highest BCUT2D eigenvalue weighted by Gasteiger charge is 2.25. The molecule has 2 aromatic carbocycles. The molecular weight excluding hydrogens is 562 g/mol. The van der Waals surface area contributed by atoms with E-state index in [1.165, 1.54) is 30.4 Å². The molecule has 208 valence electrons. The third kappa shape index (κ3) is 5.57. The molecule has 3 aromatic heterocycles. The SMILES string of the molecule is CC(=O)NC(Cc1cc(F)cc(F)c1)c1nc2nc(NN)sc2cc1-c1cccc2c(NS(C)(=O)=O)nn(C)c12. The molecule has 1 atom stereocenters. The number of nitrogens with one attached hydrogen (secondary N) is 3. The van der Waals surface area contributed by atoms with Crippen LogP contribution >= 0.6 is 11.3 Å². The maximum atomic E-state index is 14.0. The van der Waals surface area contributed by atoms with Gasteiger partial charge in [-0.25, -0.2) is 28.0 Å². The van der Waals surface area contributed by atoms with Gasteiger partial charge in [0.25, 0.3) is 0 Å². The van der Waals surface area contributed by atoms with Crippen LogP contribution in [0.25, 0.3) is 32.4 Å². The lowest BCUT2D eigenvalue weighted by molar-refractivity contribution is -0.119. The molecule has 0 saturated heterocycles. The minimum absolute atomic E-state index is 0.0220. The van der Waals surface area contributed by atoms with Crippen LogP contribution in [0.1, 0.15) is 24.2 Å². The number of fused-ring (bicyclic) bond motifs is 2. The van der Waals surface area contributed by atoms with Crippen molar-refractivity contribution in [1.29, 1.82) is 0 Å². The predicted octanol–water partition coefficient (Wildman–Crippen LogP) is 3.60. The van der Waals surface area contributed by atoms with E-state index in [9.17, 15) is 22.0 Å². The molecular formula is C25H24F2N8O3S2. The second-order valence-corrected chi connectivity index (χ2v) is 12.0. The fourth-order valence-corrected chi connectivity index (χ4v) is 5.91. The van der Waals surface area contributed by atoms with Crippen molar-refractivity contribution in [3.8, 4) is 11.1 Å². The summed E-state index contributed by atoms with van der Waals surface area (Å²) in [6.45, 7) is 1.33. The van der Waals surface area contributed by atoms with E-state index >= 15 is 0 Å². The first-order valence-corrected chi connectivity index (χ1v) is 14.6. The molecule has 11 nitrogen and oxygen atoms in total. The van der Waals surface area contributed by atoms with Crippen LogP contribution in [0.15, 0.2) is 42.5 Å². The Kier molecular flexibility index (Phi) is 7.12. The number of rotatable bonds is 8. The molecule has 5 aromatic rings. The molecule has 40 heavy (non-hydrogen) atoms. The van der Waals surface area contributed by atoms with Gasteiger partial charge in [-0.3, -0.25) is 19.6 Å². The Morgan fingerprint density at radius 2 is 1.85 bits per heavy atom. The molecule has 15 heteroatoms. The van der Waals surface area contributed by atoms with E-state index in [1.807, 2.05) is 12.1 Å². The van der Waals surface area contributed by atoms with Crippen molar-refractivity contribution in [3.05, 3.63) is 65.4 Å². The van der Waals surface area contributed by atoms with Crippen LogP contribution in [0.5, 0.6) is 0 Å². The molecule has 0 aliphatic carbocycles. The van der Waals surface area contributed by atoms with Crippen LogP contribution in [0.2, 0.25) is 0 Å². The molecule has 0 radical (unpaired) electrons. The zero-order valence-corrected chi connectivity index (χ0v) is 23.1. The van der Waals surface area contributed by atoms with Gasteiger partial charge in [-0.15, -0.1) is 0 Å². The highest BCUT2D eigenvalue weighted by atomic mass is 32.2. The van der Waals surface area contributed by atoms with Crippen molar-refractivity contribution in [1.82, 2.24) is 25.1 Å². The number of hydrogen-bond donors (Lipinski definition) is 4. The second kappa shape index (κ2) is 10.4. The number of nitrogens with zero attached hydrogens (tertiary/aromatic N) is 4. The summed E-state index contributed by atoms with van der Waals surface area (Å²) in [6.07, 6.45) is 1.06. The number of para-hydroxylation sites is 1. The summed E-state index contributed by atoms with van der Waals surface area (Å²) in [6, 6.07) is 9.48. The van der Waals surface area contributed by atoms with Gasteiger partial charge in [-0.1, -0.05) is 23.5 Å². The van der Waals surface area contributed by atoms with Crippen molar-refractivity contribution in [2.75, 3.05) is 16.4 Å². The summed E-state index contributed by atoms with van der Waals surface area (Å²) < 4.78 is 56.7. The number of anilines is 2. The fourth-order valence-electron chi connectivity index (χ4n) is 4.65. The smallest absolute Gasteiger partial charge is 0.231 e. The lowest BCUT2D eigenvalue weighted by atomic mass is 9.94. The number of sulfonamides is 1. The number of amides is 1. The Morgan fingerprint density at radius 3 is 2.50 bits per heavy atom. The summed E-state index contributed by atoms with van der Waals surface area (Å²) in [5, 5.41) is 8.17. The summed E-state index contributed by atoms with van der Waals surface area (Å²) in [7, 11) is -1.94. The van der Waals surface area contributed by atoms with Crippen LogP contribution in [0, 0.1) is 11.6 Å². The van der Waals surface area contributed by atoms with Crippen LogP contribution in [-0.2, 0) is 28.3 Å². The first kappa shape index (κ1) is 27.4. The Labute approximate surface area is 231 Å². The molecule has 1 amide bonds. The molecule has 0 fully saturated rings. The summed E-state index contributed by atoms with van der Waals surface area (Å²) in [5.41, 5.74) is 5.36. The number of aromatic nitrogens is 4. The van der Waals surface area contributed by atoms with E-state index < -0.39 is 27.7 Å². The van der Waals surface area contributed by atoms with E-state index in [2.05, 4.69) is 25.5 Å². The first-order chi connectivity index (χ1) is 18.9. The van der Waals surface area contributed by atoms with Crippen molar-refractivity contribution in [2.24, 2.45) is 12.9 Å². The standard InChI is InChI=1S/C25H24F2N8O3S2/c1-12(36)29-19(9-13-7-14(26)10-15(27)8-13)21-18(11-20-24(30-21)31-25(32-28)39-20)16-5-4-6-17-22(16)35(2)33-23(17)34-40(3,37)38/h4-8,10-11,19H,9,28H2,1-3H3,(H,29,36)(H,33,34)(H,30,31,32). The van der Waals surface area contributed by atoms with Crippen molar-refractivity contribution in [3.63, 3.8) is 0 Å². The molecule has 1 unspecified atom stereocenters. The number of carbonyl (C=O) groups is 1. The van der Waals surface area contributed by atoms with Gasteiger partial charge in [0.2, 0.25) is 15.9 Å². The quantitative estimate of drug-likeness (QED) is 0.159. The third-order valence-electron chi connectivity index (χ3n) is 6.04. The average Bonchev–Trinajstić information content (AvgIpc) is 3.40. The van der Waals surface area contributed by atoms with E-state index in [4.69, 9.17) is 10.8 Å². The Hall–Kier alpha value is -4.21. The van der Waals surface area contributed by atoms with E-state index in [0.717, 1.165) is 12.3 Å². The number of pyridine rings is 1. The van der Waals surface area contributed by atoms with E-state index in [-0.39, 0.29) is 18.1 Å². The zero-order valence-electron chi connectivity index (χ0n) is 21.5. The summed E-state index contributed by atoms with van der Waals surface area (Å²) in [4.78, 5) is 21.5. The number of benzene rings is 2. The Morgan fingerprint density at radius 1 is 1.12 bits per heavy atom. The number of halogens is 2. The number of nitrogen functional groups attached to an aromatic ring is 1. The normalized spacial score (nSPS) is 12.6. The monoisotopic (exact) mass is 586 g/mol. The van der Waals surface area contributed by atoms with Crippen molar-refractivity contribution < 1.29 is 22.0 Å². The second-order valence-electron chi connectivity index (χ2n) is 9.19. The number of aryl methyl sites for hydroxylation is 1. The van der Waals surface area contributed by atoms with Crippen LogP contribution < -0.4 is 21.3 Å². The minimum Gasteiger partial charge on any atom is -0.348 e. The number of thiazole rings is 1. The maximum Gasteiger partial charge on any atom is 0.231 e. The molecule has 0 bridgehead atoms. The van der Waals surface area contributed by atoms with Gasteiger partial charge in [0.15, 0.2) is 16.6 Å². The number of nitrogens with two attached hydrogens (primary N) is 1. The Bertz CT molecular complexity index is 1870. The van der Waals surface area contributed by atoms with Crippen molar-refractivity contribution >= 4 is 59.5 Å². The largest absolute Gasteiger partial charge is 0.348 e. The van der Waals surface area contributed by atoms with Crippen LogP contribution in [-0.4, -0.2) is 40.3 Å². The topological polar surface area (TPSA) is 157 Å². The number of hydrogen-bond acceptors (Lipinski definition) is 9. The van der Waals surface area contributed by atoms with E-state index in [1.54, 1.807) is 23.9 Å². The summed E-state index contributed by atoms with van der Waals surface area (Å²) >= 11 is 1.26. The van der Waals surface area contributed by atoms with Gasteiger partial charge in [0.1, 0.15) is 11.6 Å².